The maximum Gasteiger partial charge on any atom is 0.416 e. The summed E-state index contributed by atoms with van der Waals surface area (Å²) < 4.78 is 44.2. The Morgan fingerprint density at radius 2 is 1.80 bits per heavy atom. The van der Waals surface area contributed by atoms with Gasteiger partial charge >= 0.3 is 6.18 Å². The number of alkyl halides is 3. The molecule has 0 atom stereocenters. The molecule has 0 aliphatic rings. The van der Waals surface area contributed by atoms with Crippen LogP contribution in [0.4, 0.5) is 24.7 Å². The molecule has 0 aliphatic heterocycles. The van der Waals surface area contributed by atoms with E-state index in [1.54, 1.807) is 43.9 Å². The SMILES string of the molecule is COc1ccc(Cc2ccnc3ccnc(Nc4cccc(C(F)(F)F)c4)c23)cn1. The molecule has 0 amide bonds. The van der Waals surface area contributed by atoms with Gasteiger partial charge in [0.2, 0.25) is 5.88 Å². The monoisotopic (exact) mass is 410 g/mol. The van der Waals surface area contributed by atoms with Crippen molar-refractivity contribution in [1.82, 2.24) is 15.0 Å². The molecular formula is C22H17F3N4O. The number of methoxy groups -OCH3 is 1. The number of hydrogen-bond donors (Lipinski definition) is 1. The van der Waals surface area contributed by atoms with Crippen LogP contribution < -0.4 is 10.1 Å². The highest BCUT2D eigenvalue weighted by Gasteiger charge is 2.30. The number of halogens is 3. The van der Waals surface area contributed by atoms with Crippen molar-refractivity contribution in [2.75, 3.05) is 12.4 Å². The number of aromatic nitrogens is 3. The molecule has 0 bridgehead atoms. The Morgan fingerprint density at radius 1 is 0.967 bits per heavy atom. The molecule has 0 unspecified atom stereocenters. The van der Waals surface area contributed by atoms with Gasteiger partial charge in [-0.3, -0.25) is 4.98 Å². The van der Waals surface area contributed by atoms with Crippen LogP contribution in [0.3, 0.4) is 0 Å². The summed E-state index contributed by atoms with van der Waals surface area (Å²) in [7, 11) is 1.55. The van der Waals surface area contributed by atoms with Crippen molar-refractivity contribution in [2.45, 2.75) is 12.6 Å². The number of anilines is 2. The second-order valence-electron chi connectivity index (χ2n) is 6.61. The van der Waals surface area contributed by atoms with E-state index in [2.05, 4.69) is 20.3 Å². The Balaban J connectivity index is 1.72. The lowest BCUT2D eigenvalue weighted by molar-refractivity contribution is -0.137. The molecule has 8 heteroatoms. The highest BCUT2D eigenvalue weighted by Crippen LogP contribution is 2.33. The maximum atomic E-state index is 13.1. The smallest absolute Gasteiger partial charge is 0.416 e. The predicted molar refractivity (Wildman–Crippen MR) is 108 cm³/mol. The molecule has 152 valence electrons. The predicted octanol–water partition coefficient (Wildman–Crippen LogP) is 5.39. The molecule has 4 rings (SSSR count). The van der Waals surface area contributed by atoms with E-state index in [0.717, 1.165) is 28.6 Å². The molecule has 4 aromatic rings. The molecule has 5 nitrogen and oxygen atoms in total. The zero-order valence-corrected chi connectivity index (χ0v) is 15.9. The van der Waals surface area contributed by atoms with Gasteiger partial charge < -0.3 is 10.1 Å². The first-order valence-electron chi connectivity index (χ1n) is 9.10. The summed E-state index contributed by atoms with van der Waals surface area (Å²) in [6, 6.07) is 12.3. The minimum absolute atomic E-state index is 0.297. The third kappa shape index (κ3) is 4.17. The highest BCUT2D eigenvalue weighted by atomic mass is 19.4. The van der Waals surface area contributed by atoms with Crippen LogP contribution >= 0.6 is 0 Å². The molecule has 0 radical (unpaired) electrons. The van der Waals surface area contributed by atoms with E-state index >= 15 is 0 Å². The van der Waals surface area contributed by atoms with Crippen molar-refractivity contribution in [3.05, 3.63) is 83.8 Å². The number of pyridine rings is 3. The van der Waals surface area contributed by atoms with Gasteiger partial charge in [0.05, 0.1) is 18.2 Å². The average molecular weight is 410 g/mol. The molecule has 3 aromatic heterocycles. The van der Waals surface area contributed by atoms with Gasteiger partial charge in [-0.15, -0.1) is 0 Å². The molecule has 0 saturated carbocycles. The number of rotatable bonds is 5. The van der Waals surface area contributed by atoms with Gasteiger partial charge in [-0.2, -0.15) is 13.2 Å². The van der Waals surface area contributed by atoms with Gasteiger partial charge in [-0.1, -0.05) is 12.1 Å². The quantitative estimate of drug-likeness (QED) is 0.478. The molecule has 0 aliphatic carbocycles. The van der Waals surface area contributed by atoms with Crippen LogP contribution in [-0.4, -0.2) is 22.1 Å². The first kappa shape index (κ1) is 19.6. The van der Waals surface area contributed by atoms with Crippen molar-refractivity contribution < 1.29 is 17.9 Å². The number of nitrogens with zero attached hydrogens (tertiary/aromatic N) is 3. The zero-order chi connectivity index (χ0) is 21.1. The molecule has 0 saturated heterocycles. The Kier molecular flexibility index (Phi) is 5.22. The third-order valence-corrected chi connectivity index (χ3v) is 4.59. The van der Waals surface area contributed by atoms with E-state index in [1.165, 1.54) is 6.07 Å². The van der Waals surface area contributed by atoms with E-state index in [1.807, 2.05) is 12.1 Å². The largest absolute Gasteiger partial charge is 0.481 e. The Hall–Kier alpha value is -3.68. The van der Waals surface area contributed by atoms with Crippen molar-refractivity contribution >= 4 is 22.4 Å². The molecule has 3 heterocycles. The zero-order valence-electron chi connectivity index (χ0n) is 15.9. The van der Waals surface area contributed by atoms with Gasteiger partial charge in [-0.05, 0) is 47.9 Å². The Morgan fingerprint density at radius 3 is 2.53 bits per heavy atom. The minimum Gasteiger partial charge on any atom is -0.481 e. The number of hydrogen-bond acceptors (Lipinski definition) is 5. The summed E-state index contributed by atoms with van der Waals surface area (Å²) in [5, 5.41) is 3.76. The Labute approximate surface area is 170 Å². The van der Waals surface area contributed by atoms with Crippen LogP contribution in [0.15, 0.2) is 67.1 Å². The summed E-state index contributed by atoms with van der Waals surface area (Å²) in [6.45, 7) is 0. The first-order valence-corrected chi connectivity index (χ1v) is 9.10. The van der Waals surface area contributed by atoms with E-state index < -0.39 is 11.7 Å². The molecule has 0 spiro atoms. The third-order valence-electron chi connectivity index (χ3n) is 4.59. The molecule has 30 heavy (non-hydrogen) atoms. The van der Waals surface area contributed by atoms with Gasteiger partial charge in [0.25, 0.3) is 0 Å². The van der Waals surface area contributed by atoms with Gasteiger partial charge in [-0.25, -0.2) is 9.97 Å². The van der Waals surface area contributed by atoms with Crippen molar-refractivity contribution in [1.29, 1.82) is 0 Å². The van der Waals surface area contributed by atoms with E-state index in [0.29, 0.717) is 29.3 Å². The second-order valence-corrected chi connectivity index (χ2v) is 6.61. The fraction of sp³-hybridized carbons (Fsp3) is 0.136. The van der Waals surface area contributed by atoms with Gasteiger partial charge in [0.1, 0.15) is 5.82 Å². The Bertz CT molecular complexity index is 1170. The van der Waals surface area contributed by atoms with Crippen molar-refractivity contribution in [2.24, 2.45) is 0 Å². The summed E-state index contributed by atoms with van der Waals surface area (Å²) in [4.78, 5) is 13.0. The minimum atomic E-state index is -4.42. The van der Waals surface area contributed by atoms with Crippen LogP contribution in [0.25, 0.3) is 10.9 Å². The van der Waals surface area contributed by atoms with Crippen molar-refractivity contribution in [3.63, 3.8) is 0 Å². The number of benzene rings is 1. The highest BCUT2D eigenvalue weighted by molar-refractivity contribution is 5.93. The van der Waals surface area contributed by atoms with Gasteiger partial charge in [0, 0.05) is 35.7 Å². The fourth-order valence-electron chi connectivity index (χ4n) is 3.17. The van der Waals surface area contributed by atoms with Crippen molar-refractivity contribution in [3.8, 4) is 5.88 Å². The summed E-state index contributed by atoms with van der Waals surface area (Å²) in [5.74, 6) is 0.961. The van der Waals surface area contributed by atoms with Crippen LogP contribution in [0.1, 0.15) is 16.7 Å². The standard InChI is InChI=1S/C22H17F3N4O/c1-30-19-6-5-14(13-28-19)11-15-7-9-26-18-8-10-27-21(20(15)18)29-17-4-2-3-16(12-17)22(23,24)25/h2-10,12-13H,11H2,1H3,(H,27,29). The van der Waals surface area contributed by atoms with E-state index in [9.17, 15) is 13.2 Å². The lowest BCUT2D eigenvalue weighted by Gasteiger charge is -2.14. The number of ether oxygens (including phenoxy) is 1. The van der Waals surface area contributed by atoms with E-state index in [-0.39, 0.29) is 0 Å². The fourth-order valence-corrected chi connectivity index (χ4v) is 3.17. The van der Waals surface area contributed by atoms with E-state index in [4.69, 9.17) is 4.74 Å². The van der Waals surface area contributed by atoms with Crippen LogP contribution in [0.2, 0.25) is 0 Å². The molecule has 1 aromatic carbocycles. The summed E-state index contributed by atoms with van der Waals surface area (Å²) >= 11 is 0. The summed E-state index contributed by atoms with van der Waals surface area (Å²) in [6.07, 6.45) is 1.13. The topological polar surface area (TPSA) is 59.9 Å². The number of nitrogens with one attached hydrogen (secondary N) is 1. The average Bonchev–Trinajstić information content (AvgIpc) is 2.74. The van der Waals surface area contributed by atoms with Crippen LogP contribution in [-0.2, 0) is 12.6 Å². The van der Waals surface area contributed by atoms with Crippen LogP contribution in [0.5, 0.6) is 5.88 Å². The summed E-state index contributed by atoms with van der Waals surface area (Å²) in [5.41, 5.74) is 2.14. The first-order chi connectivity index (χ1) is 14.4. The molecule has 1 N–H and O–H groups in total. The lowest BCUT2D eigenvalue weighted by Crippen LogP contribution is -2.05. The second kappa shape index (κ2) is 7.98. The van der Waals surface area contributed by atoms with Crippen LogP contribution in [0, 0.1) is 0 Å². The normalized spacial score (nSPS) is 11.5. The number of fused-ring (bicyclic) bond motifs is 1. The molecule has 0 fully saturated rings. The van der Waals surface area contributed by atoms with Gasteiger partial charge in [0.15, 0.2) is 0 Å². The molecular weight excluding hydrogens is 393 g/mol. The lowest BCUT2D eigenvalue weighted by atomic mass is 10.0. The maximum absolute atomic E-state index is 13.1.